The maximum Gasteiger partial charge on any atom is 0.488 e. The number of aryl methyl sites for hydroxylation is 2. The molecule has 0 bridgehead atoms. The number of hydrogen-bond acceptors (Lipinski definition) is 6. The van der Waals surface area contributed by atoms with E-state index in [2.05, 4.69) is 112 Å². The predicted octanol–water partition coefficient (Wildman–Crippen LogP) is 8.27. The maximum atomic E-state index is 11.5. The van der Waals surface area contributed by atoms with Crippen LogP contribution in [0.1, 0.15) is 94.2 Å². The first-order valence-electron chi connectivity index (χ1n) is 20.0. The van der Waals surface area contributed by atoms with Crippen LogP contribution in [0.5, 0.6) is 11.5 Å². The second kappa shape index (κ2) is 23.7. The predicted molar refractivity (Wildman–Crippen MR) is 232 cm³/mol. The fourth-order valence-corrected chi connectivity index (χ4v) is 7.16. The molecule has 56 heavy (non-hydrogen) atoms. The van der Waals surface area contributed by atoms with Gasteiger partial charge in [-0.05, 0) is 71.1 Å². The van der Waals surface area contributed by atoms with Crippen LogP contribution in [0, 0.1) is 0 Å². The molecule has 2 aliphatic heterocycles. The number of amides is 3. The Kier molecular flexibility index (Phi) is 18.8. The van der Waals surface area contributed by atoms with Gasteiger partial charge in [-0.1, -0.05) is 141 Å². The highest BCUT2D eigenvalue weighted by Gasteiger charge is 2.24. The summed E-state index contributed by atoms with van der Waals surface area (Å²) in [5.41, 5.74) is 8.64. The summed E-state index contributed by atoms with van der Waals surface area (Å²) in [6.07, 6.45) is 13.1. The zero-order chi connectivity index (χ0) is 40.3. The molecule has 2 saturated heterocycles. The van der Waals surface area contributed by atoms with Crippen LogP contribution >= 0.6 is 15.9 Å². The Morgan fingerprint density at radius 3 is 1.62 bits per heavy atom. The minimum Gasteiger partial charge on any atom is -0.496 e. The number of rotatable bonds is 16. The highest BCUT2D eigenvalue weighted by molar-refractivity contribution is 9.09. The minimum atomic E-state index is -1.48. The fraction of sp³-hybridized carbons (Fsp3) is 0.422. The van der Waals surface area contributed by atoms with Crippen molar-refractivity contribution in [1.29, 1.82) is 0 Å². The Balaban J connectivity index is 0.000000213. The molecule has 3 amide bonds. The van der Waals surface area contributed by atoms with E-state index in [4.69, 9.17) is 9.47 Å². The highest BCUT2D eigenvalue weighted by atomic mass is 79.9. The van der Waals surface area contributed by atoms with Crippen molar-refractivity contribution in [1.82, 2.24) is 16.0 Å². The SMILES string of the molecule is CCCCCCc1ccc(-c2ccc(B(O)O)cc2OC)cc1.CCCCCCc1ccc(-c2ccc(C3CNC(=O)C3)cc2OC)cc1.O=C1NCC(Br)N1. The fourth-order valence-electron chi connectivity index (χ4n) is 6.79. The van der Waals surface area contributed by atoms with Gasteiger partial charge in [-0.2, -0.15) is 0 Å². The van der Waals surface area contributed by atoms with Gasteiger partial charge in [0.05, 0.1) is 14.2 Å². The molecule has 2 fully saturated rings. The summed E-state index contributed by atoms with van der Waals surface area (Å²) in [6, 6.07) is 28.8. The van der Waals surface area contributed by atoms with Crippen LogP contribution < -0.4 is 30.9 Å². The molecule has 2 unspecified atom stereocenters. The van der Waals surface area contributed by atoms with Crippen LogP contribution in [0.2, 0.25) is 0 Å². The van der Waals surface area contributed by atoms with Crippen molar-refractivity contribution >= 4 is 40.4 Å². The molecule has 2 aliphatic rings. The first-order valence-corrected chi connectivity index (χ1v) is 20.9. The number of ether oxygens (including phenoxy) is 2. The van der Waals surface area contributed by atoms with Crippen molar-refractivity contribution < 1.29 is 29.1 Å². The number of carbonyl (C=O) groups is 2. The molecule has 0 saturated carbocycles. The van der Waals surface area contributed by atoms with E-state index in [0.717, 1.165) is 40.8 Å². The summed E-state index contributed by atoms with van der Waals surface area (Å²) in [4.78, 5) is 21.8. The summed E-state index contributed by atoms with van der Waals surface area (Å²) in [5, 5.41) is 26.6. The third-order valence-electron chi connectivity index (χ3n) is 10.1. The van der Waals surface area contributed by atoms with Crippen LogP contribution in [0.4, 0.5) is 4.79 Å². The molecule has 0 aromatic heterocycles. The number of methoxy groups -OCH3 is 2. The lowest BCUT2D eigenvalue weighted by molar-refractivity contribution is -0.119. The van der Waals surface area contributed by atoms with Gasteiger partial charge in [0.25, 0.3) is 0 Å². The van der Waals surface area contributed by atoms with Gasteiger partial charge in [0.2, 0.25) is 5.91 Å². The van der Waals surface area contributed by atoms with E-state index in [1.807, 2.05) is 6.07 Å². The Bertz CT molecular complexity index is 1810. The maximum absolute atomic E-state index is 11.5. The van der Waals surface area contributed by atoms with Gasteiger partial charge in [-0.25, -0.2) is 4.79 Å². The van der Waals surface area contributed by atoms with Gasteiger partial charge >= 0.3 is 13.1 Å². The minimum absolute atomic E-state index is 0.0955. The molecule has 9 nitrogen and oxygen atoms in total. The number of halogens is 1. The van der Waals surface area contributed by atoms with Crippen LogP contribution in [-0.2, 0) is 17.6 Å². The van der Waals surface area contributed by atoms with Crippen molar-refractivity contribution in [2.45, 2.75) is 95.3 Å². The second-order valence-electron chi connectivity index (χ2n) is 14.3. The topological polar surface area (TPSA) is 129 Å². The Morgan fingerprint density at radius 2 is 1.21 bits per heavy atom. The van der Waals surface area contributed by atoms with E-state index in [0.29, 0.717) is 30.7 Å². The molecule has 6 rings (SSSR count). The van der Waals surface area contributed by atoms with Gasteiger partial charge in [-0.15, -0.1) is 0 Å². The van der Waals surface area contributed by atoms with E-state index in [9.17, 15) is 19.6 Å². The summed E-state index contributed by atoms with van der Waals surface area (Å²) in [5.74, 6) is 1.90. The monoisotopic (exact) mass is 827 g/mol. The van der Waals surface area contributed by atoms with E-state index < -0.39 is 7.12 Å². The smallest absolute Gasteiger partial charge is 0.488 e. The lowest BCUT2D eigenvalue weighted by Gasteiger charge is -2.14. The van der Waals surface area contributed by atoms with E-state index >= 15 is 0 Å². The quantitative estimate of drug-likeness (QED) is 0.0335. The average molecular weight is 829 g/mol. The molecule has 5 N–H and O–H groups in total. The number of alkyl halides is 1. The van der Waals surface area contributed by atoms with Crippen molar-refractivity contribution in [3.8, 4) is 33.8 Å². The summed E-state index contributed by atoms with van der Waals surface area (Å²) < 4.78 is 11.0. The molecular weight excluding hydrogens is 769 g/mol. The molecule has 300 valence electrons. The summed E-state index contributed by atoms with van der Waals surface area (Å²) in [7, 11) is 1.82. The van der Waals surface area contributed by atoms with Crippen LogP contribution in [0.15, 0.2) is 84.9 Å². The number of nitrogens with one attached hydrogen (secondary N) is 3. The van der Waals surface area contributed by atoms with Gasteiger partial charge in [0.15, 0.2) is 0 Å². The molecule has 4 aromatic carbocycles. The first-order chi connectivity index (χ1) is 27.1. The average Bonchev–Trinajstić information content (AvgIpc) is 3.84. The van der Waals surface area contributed by atoms with Crippen LogP contribution in [0.25, 0.3) is 22.3 Å². The third kappa shape index (κ3) is 14.0. The largest absolute Gasteiger partial charge is 0.496 e. The van der Waals surface area contributed by atoms with Gasteiger partial charge in [0.1, 0.15) is 16.5 Å². The zero-order valence-electron chi connectivity index (χ0n) is 33.4. The number of unbranched alkanes of at least 4 members (excludes halogenated alkanes) is 6. The summed E-state index contributed by atoms with van der Waals surface area (Å²) >= 11 is 3.18. The second-order valence-corrected chi connectivity index (χ2v) is 15.4. The van der Waals surface area contributed by atoms with Gasteiger partial charge < -0.3 is 35.5 Å². The van der Waals surface area contributed by atoms with Gasteiger partial charge in [-0.3, -0.25) is 4.79 Å². The Hall–Kier alpha value is -4.32. The highest BCUT2D eigenvalue weighted by Crippen LogP contribution is 2.35. The Labute approximate surface area is 342 Å². The number of hydrogen-bond donors (Lipinski definition) is 5. The molecule has 4 aromatic rings. The van der Waals surface area contributed by atoms with Crippen molar-refractivity contribution in [2.24, 2.45) is 0 Å². The molecular formula is C45H59BBrN3O6. The zero-order valence-corrected chi connectivity index (χ0v) is 35.0. The molecule has 2 atom stereocenters. The van der Waals surface area contributed by atoms with Crippen molar-refractivity contribution in [3.05, 3.63) is 102 Å². The van der Waals surface area contributed by atoms with Crippen LogP contribution in [-0.4, -0.2) is 61.4 Å². The lowest BCUT2D eigenvalue weighted by Crippen LogP contribution is -2.29. The third-order valence-corrected chi connectivity index (χ3v) is 10.6. The molecule has 2 heterocycles. The van der Waals surface area contributed by atoms with Gasteiger partial charge in [0, 0.05) is 36.6 Å². The number of carbonyl (C=O) groups excluding carboxylic acids is 2. The standard InChI is InChI=1S/C23H29NO2.C19H25BO3.C3H5BrN2O/c1-3-4-5-6-7-17-8-10-18(11-9-17)21-13-12-19(14-22(21)26-2)20-15-23(25)24-16-20;1-3-4-5-6-7-15-8-10-16(11-9-15)18-13-12-17(20(21)22)14-19(18)23-2;4-2-1-5-3(7)6-2/h8-14,20H,3-7,15-16H2,1-2H3,(H,24,25);8-14,21-22H,3-7H2,1-2H3;2H,1H2,(H2,5,6,7). The van der Waals surface area contributed by atoms with Crippen molar-refractivity contribution in [2.75, 3.05) is 27.3 Å². The van der Waals surface area contributed by atoms with E-state index in [1.54, 1.807) is 26.4 Å². The molecule has 0 aliphatic carbocycles. The van der Waals surface area contributed by atoms with E-state index in [1.165, 1.54) is 68.1 Å². The van der Waals surface area contributed by atoms with Crippen molar-refractivity contribution in [3.63, 3.8) is 0 Å². The van der Waals surface area contributed by atoms with Crippen LogP contribution in [0.3, 0.4) is 0 Å². The Morgan fingerprint density at radius 1 is 0.679 bits per heavy atom. The number of urea groups is 1. The van der Waals surface area contributed by atoms with E-state index in [-0.39, 0.29) is 22.8 Å². The summed E-state index contributed by atoms with van der Waals surface area (Å²) in [6.45, 7) is 5.87. The molecule has 11 heteroatoms. The lowest BCUT2D eigenvalue weighted by atomic mass is 9.79. The normalized spacial score (nSPS) is 15.7. The first kappa shape index (κ1) is 44.4. The number of benzene rings is 4. The molecule has 0 radical (unpaired) electrons. The molecule has 0 spiro atoms.